The number of hydrogen-bond donors (Lipinski definition) is 2. The van der Waals surface area contributed by atoms with E-state index in [1.54, 1.807) is 0 Å². The Morgan fingerprint density at radius 2 is 2.12 bits per heavy atom. The summed E-state index contributed by atoms with van der Waals surface area (Å²) < 4.78 is 0. The van der Waals surface area contributed by atoms with Crippen molar-refractivity contribution >= 4 is 12.0 Å². The Morgan fingerprint density at radius 3 is 2.92 bits per heavy atom. The molecular formula is C20H26N4O. The van der Waals surface area contributed by atoms with Gasteiger partial charge in [-0.1, -0.05) is 6.07 Å². The molecular weight excluding hydrogens is 312 g/mol. The summed E-state index contributed by atoms with van der Waals surface area (Å²) in [5.74, 6) is 0.745. The van der Waals surface area contributed by atoms with Crippen molar-refractivity contribution in [1.29, 1.82) is 0 Å². The Morgan fingerprint density at radius 1 is 1.28 bits per heavy atom. The van der Waals surface area contributed by atoms with Gasteiger partial charge in [0.25, 0.3) is 0 Å². The molecule has 0 spiro atoms. The third-order valence-corrected chi connectivity index (χ3v) is 5.80. The fraction of sp³-hybridized carbons (Fsp3) is 0.500. The second kappa shape index (κ2) is 7.00. The van der Waals surface area contributed by atoms with Crippen molar-refractivity contribution in [2.24, 2.45) is 5.92 Å². The Labute approximate surface area is 148 Å². The molecule has 5 nitrogen and oxygen atoms in total. The number of anilines is 1. The van der Waals surface area contributed by atoms with E-state index in [2.05, 4.69) is 38.6 Å². The molecule has 2 aliphatic heterocycles. The summed E-state index contributed by atoms with van der Waals surface area (Å²) in [4.78, 5) is 13.3. The van der Waals surface area contributed by atoms with E-state index < -0.39 is 0 Å². The predicted molar refractivity (Wildman–Crippen MR) is 99.9 cm³/mol. The van der Waals surface area contributed by atoms with Gasteiger partial charge in [-0.05, 0) is 74.4 Å². The number of carbonyl (C=O) groups excluding carboxylic acids is 1. The van der Waals surface area contributed by atoms with Gasteiger partial charge in [-0.25, -0.2) is 0 Å². The first-order chi connectivity index (χ1) is 12.3. The van der Waals surface area contributed by atoms with Crippen LogP contribution in [0.5, 0.6) is 0 Å². The van der Waals surface area contributed by atoms with Crippen LogP contribution >= 0.6 is 0 Å². The standard InChI is InChI=1S/C20H26N4O/c1-24-18(13-25)4-2-15-11-16(3-5-19(15)24)20-17(12-22-23-20)10-14-6-8-21-9-7-14/h3,5,11-14,18,21H,2,4,6-10H2,1H3,(H,22,23). The van der Waals surface area contributed by atoms with Gasteiger partial charge in [0.15, 0.2) is 0 Å². The average molecular weight is 338 g/mol. The normalized spacial score (nSPS) is 21.2. The fourth-order valence-corrected chi connectivity index (χ4v) is 4.23. The predicted octanol–water partition coefficient (Wildman–Crippen LogP) is 2.57. The number of nitrogens with zero attached hydrogens (tertiary/aromatic N) is 2. The van der Waals surface area contributed by atoms with Crippen molar-refractivity contribution in [3.05, 3.63) is 35.5 Å². The number of aromatic amines is 1. The SMILES string of the molecule is CN1c2ccc(-c3[nH]ncc3CC3CCNCC3)cc2CCC1C=O. The molecule has 0 bridgehead atoms. The maximum atomic E-state index is 11.2. The number of benzene rings is 1. The molecule has 1 aromatic carbocycles. The van der Waals surface area contributed by atoms with Crippen LogP contribution in [-0.2, 0) is 17.6 Å². The van der Waals surface area contributed by atoms with E-state index in [4.69, 9.17) is 0 Å². The van der Waals surface area contributed by atoms with Crippen LogP contribution in [-0.4, -0.2) is 42.7 Å². The van der Waals surface area contributed by atoms with E-state index in [-0.39, 0.29) is 6.04 Å². The number of hydrogen-bond acceptors (Lipinski definition) is 4. The smallest absolute Gasteiger partial charge is 0.142 e. The van der Waals surface area contributed by atoms with Crippen molar-refractivity contribution in [2.45, 2.75) is 38.1 Å². The van der Waals surface area contributed by atoms with Crippen LogP contribution in [0.1, 0.15) is 30.4 Å². The molecule has 0 saturated carbocycles. The van der Waals surface area contributed by atoms with Crippen molar-refractivity contribution in [1.82, 2.24) is 15.5 Å². The Bertz CT molecular complexity index is 748. The number of aromatic nitrogens is 2. The van der Waals surface area contributed by atoms with E-state index in [0.717, 1.165) is 50.2 Å². The van der Waals surface area contributed by atoms with Gasteiger partial charge in [0, 0.05) is 18.3 Å². The molecule has 3 heterocycles. The van der Waals surface area contributed by atoms with Gasteiger partial charge in [0.2, 0.25) is 0 Å². The van der Waals surface area contributed by atoms with Crippen LogP contribution in [0.25, 0.3) is 11.3 Å². The highest BCUT2D eigenvalue weighted by atomic mass is 16.1. The molecule has 132 valence electrons. The molecule has 0 aliphatic carbocycles. The molecule has 1 fully saturated rings. The maximum absolute atomic E-state index is 11.2. The Kier molecular flexibility index (Phi) is 4.57. The Hall–Kier alpha value is -2.14. The fourth-order valence-electron chi connectivity index (χ4n) is 4.23. The first-order valence-electron chi connectivity index (χ1n) is 9.30. The van der Waals surface area contributed by atoms with E-state index in [9.17, 15) is 4.79 Å². The Balaban J connectivity index is 1.59. The summed E-state index contributed by atoms with van der Waals surface area (Å²) in [6.07, 6.45) is 8.47. The highest BCUT2D eigenvalue weighted by Gasteiger charge is 2.24. The first kappa shape index (κ1) is 16.3. The quantitative estimate of drug-likeness (QED) is 0.841. The summed E-state index contributed by atoms with van der Waals surface area (Å²) in [5.41, 5.74) is 6.17. The summed E-state index contributed by atoms with van der Waals surface area (Å²) in [7, 11) is 2.01. The van der Waals surface area contributed by atoms with E-state index >= 15 is 0 Å². The zero-order chi connectivity index (χ0) is 17.2. The lowest BCUT2D eigenvalue weighted by molar-refractivity contribution is -0.109. The summed E-state index contributed by atoms with van der Waals surface area (Å²) in [6.45, 7) is 2.25. The largest absolute Gasteiger partial charge is 0.365 e. The third-order valence-electron chi connectivity index (χ3n) is 5.80. The molecule has 2 N–H and O–H groups in total. The highest BCUT2D eigenvalue weighted by molar-refractivity contribution is 5.73. The second-order valence-electron chi connectivity index (χ2n) is 7.36. The zero-order valence-electron chi connectivity index (χ0n) is 14.8. The van der Waals surface area contributed by atoms with Gasteiger partial charge >= 0.3 is 0 Å². The average Bonchev–Trinajstić information content (AvgIpc) is 3.11. The minimum absolute atomic E-state index is 0.000904. The number of likely N-dealkylation sites (N-methyl/N-ethyl adjacent to an activating group) is 1. The third kappa shape index (κ3) is 3.21. The lowest BCUT2D eigenvalue weighted by atomic mass is 9.89. The number of rotatable bonds is 4. The summed E-state index contributed by atoms with van der Waals surface area (Å²) in [6, 6.07) is 6.57. The first-order valence-corrected chi connectivity index (χ1v) is 9.30. The van der Waals surface area contributed by atoms with Gasteiger partial charge < -0.3 is 15.0 Å². The summed E-state index contributed by atoms with van der Waals surface area (Å²) >= 11 is 0. The van der Waals surface area contributed by atoms with Crippen molar-refractivity contribution < 1.29 is 4.79 Å². The van der Waals surface area contributed by atoms with Gasteiger partial charge in [0.05, 0.1) is 17.9 Å². The van der Waals surface area contributed by atoms with Crippen molar-refractivity contribution in [2.75, 3.05) is 25.0 Å². The molecule has 1 unspecified atom stereocenters. The molecule has 1 saturated heterocycles. The van der Waals surface area contributed by atoms with E-state index in [1.165, 1.54) is 35.2 Å². The van der Waals surface area contributed by atoms with Gasteiger partial charge in [-0.2, -0.15) is 5.10 Å². The maximum Gasteiger partial charge on any atom is 0.142 e. The monoisotopic (exact) mass is 338 g/mol. The molecule has 0 amide bonds. The number of aldehydes is 1. The van der Waals surface area contributed by atoms with Gasteiger partial charge in [-0.3, -0.25) is 5.10 Å². The van der Waals surface area contributed by atoms with Crippen molar-refractivity contribution in [3.8, 4) is 11.3 Å². The molecule has 1 aromatic heterocycles. The molecule has 4 rings (SSSR count). The molecule has 5 heteroatoms. The van der Waals surface area contributed by atoms with Crippen LogP contribution in [0, 0.1) is 5.92 Å². The van der Waals surface area contributed by atoms with Gasteiger partial charge in [-0.15, -0.1) is 0 Å². The molecule has 2 aliphatic rings. The number of nitrogens with one attached hydrogen (secondary N) is 2. The van der Waals surface area contributed by atoms with Crippen LogP contribution in [0.15, 0.2) is 24.4 Å². The minimum atomic E-state index is 0.000904. The van der Waals surface area contributed by atoms with Crippen LogP contribution < -0.4 is 10.2 Å². The molecule has 25 heavy (non-hydrogen) atoms. The lowest BCUT2D eigenvalue weighted by Crippen LogP contribution is -2.37. The minimum Gasteiger partial charge on any atom is -0.365 e. The molecule has 0 radical (unpaired) electrons. The summed E-state index contributed by atoms with van der Waals surface area (Å²) in [5, 5.41) is 11.0. The zero-order valence-corrected chi connectivity index (χ0v) is 14.8. The second-order valence-corrected chi connectivity index (χ2v) is 7.36. The lowest BCUT2D eigenvalue weighted by Gasteiger charge is -2.33. The number of H-pyrrole nitrogens is 1. The molecule has 1 atom stereocenters. The number of fused-ring (bicyclic) bond motifs is 1. The van der Waals surface area contributed by atoms with Crippen LogP contribution in [0.3, 0.4) is 0 Å². The number of piperidine rings is 1. The van der Waals surface area contributed by atoms with Crippen LogP contribution in [0.4, 0.5) is 5.69 Å². The molecule has 2 aromatic rings. The topological polar surface area (TPSA) is 61.0 Å². The van der Waals surface area contributed by atoms with E-state index in [0.29, 0.717) is 0 Å². The number of carbonyl (C=O) groups is 1. The van der Waals surface area contributed by atoms with E-state index in [1.807, 2.05) is 13.2 Å². The highest BCUT2D eigenvalue weighted by Crippen LogP contribution is 2.34. The van der Waals surface area contributed by atoms with Gasteiger partial charge in [0.1, 0.15) is 6.29 Å². The van der Waals surface area contributed by atoms with Crippen LogP contribution in [0.2, 0.25) is 0 Å². The van der Waals surface area contributed by atoms with Crippen molar-refractivity contribution in [3.63, 3.8) is 0 Å². The number of aryl methyl sites for hydroxylation is 1.